The fourth-order valence-electron chi connectivity index (χ4n) is 2.54. The first-order chi connectivity index (χ1) is 9.84. The fourth-order valence-corrected chi connectivity index (χ4v) is 2.54. The Morgan fingerprint density at radius 2 is 1.67 bits per heavy atom. The van der Waals surface area contributed by atoms with Crippen LogP contribution in [-0.4, -0.2) is 28.4 Å². The zero-order valence-electron chi connectivity index (χ0n) is 11.7. The molecule has 7 heteroatoms. The number of nitrogens with zero attached hydrogens (tertiary/aromatic N) is 2. The Labute approximate surface area is 124 Å². The second-order valence-electron chi connectivity index (χ2n) is 4.96. The summed E-state index contributed by atoms with van der Waals surface area (Å²) in [4.78, 5) is 0. The molecule has 6 nitrogen and oxygen atoms in total. The van der Waals surface area contributed by atoms with E-state index < -0.39 is 10.2 Å². The second kappa shape index (κ2) is 6.55. The molecular formula is C14H17ClN2O4. The lowest BCUT2D eigenvalue weighted by Crippen LogP contribution is -2.68. The number of hydrogen-bond acceptors (Lipinski definition) is 4. The quantitative estimate of drug-likeness (QED) is 0.550. The van der Waals surface area contributed by atoms with E-state index >= 15 is 0 Å². The van der Waals surface area contributed by atoms with Gasteiger partial charge in [0.25, 0.3) is 0 Å². The Kier molecular flexibility index (Phi) is 4.97. The van der Waals surface area contributed by atoms with Crippen molar-refractivity contribution in [2.75, 3.05) is 13.1 Å². The van der Waals surface area contributed by atoms with E-state index in [1.165, 1.54) is 42.4 Å². The lowest BCUT2D eigenvalue weighted by atomic mass is 10.2. The van der Waals surface area contributed by atoms with E-state index in [2.05, 4.69) is 52.9 Å². The van der Waals surface area contributed by atoms with Crippen LogP contribution < -0.4 is 18.6 Å². The number of benzene rings is 1. The summed E-state index contributed by atoms with van der Waals surface area (Å²) < 4.78 is 38.6. The zero-order valence-corrected chi connectivity index (χ0v) is 12.5. The number of aromatic nitrogens is 1. The van der Waals surface area contributed by atoms with Crippen molar-refractivity contribution >= 4 is 17.1 Å². The van der Waals surface area contributed by atoms with Crippen molar-refractivity contribution in [2.45, 2.75) is 12.8 Å². The molecule has 1 fully saturated rings. The summed E-state index contributed by atoms with van der Waals surface area (Å²) in [5.41, 5.74) is 2.66. The van der Waals surface area contributed by atoms with E-state index in [4.69, 9.17) is 18.6 Å². The van der Waals surface area contributed by atoms with Crippen LogP contribution in [0.5, 0.6) is 0 Å². The van der Waals surface area contributed by atoms with Gasteiger partial charge in [-0.3, -0.25) is 0 Å². The molecule has 0 spiro atoms. The summed E-state index contributed by atoms with van der Waals surface area (Å²) in [6, 6.07) is 8.60. The van der Waals surface area contributed by atoms with Gasteiger partial charge in [0.1, 0.15) is 13.1 Å². The van der Waals surface area contributed by atoms with E-state index in [9.17, 15) is 0 Å². The average Bonchev–Trinajstić information content (AvgIpc) is 2.98. The Bertz CT molecular complexity index is 632. The molecule has 1 saturated heterocycles. The molecule has 0 saturated carbocycles. The summed E-state index contributed by atoms with van der Waals surface area (Å²) in [6.07, 6.45) is 7.21. The van der Waals surface area contributed by atoms with Gasteiger partial charge in [-0.2, -0.15) is 0 Å². The van der Waals surface area contributed by atoms with E-state index in [1.54, 1.807) is 0 Å². The highest BCUT2D eigenvalue weighted by Crippen LogP contribution is 2.18. The molecule has 0 N–H and O–H groups in total. The first-order valence-electron chi connectivity index (χ1n) is 6.59. The van der Waals surface area contributed by atoms with Crippen molar-refractivity contribution in [3.8, 4) is 0 Å². The van der Waals surface area contributed by atoms with Gasteiger partial charge in [-0.25, -0.2) is 23.2 Å². The van der Waals surface area contributed by atoms with Crippen molar-refractivity contribution in [1.82, 2.24) is 4.57 Å². The van der Waals surface area contributed by atoms with E-state index in [0.29, 0.717) is 0 Å². The standard InChI is InChI=1S/C14H17N2.ClHO4/c1-15-10-12(11-16-8-4-5-9-16)13-6-2-3-7-14(13)15;2-1(3,4)5/h2-3,6-7,10-11H,4-5,8-9H2,1H3;(H,2,3,4,5)/q+1;/p-1. The minimum absolute atomic E-state index is 1.21. The van der Waals surface area contributed by atoms with Gasteiger partial charge in [-0.05, 0) is 6.07 Å². The molecule has 1 aliphatic rings. The van der Waals surface area contributed by atoms with Crippen LogP contribution in [0, 0.1) is 10.2 Å². The lowest BCUT2D eigenvalue weighted by Gasteiger charge is -2.17. The third kappa shape index (κ3) is 4.80. The van der Waals surface area contributed by atoms with Crippen LogP contribution in [0.4, 0.5) is 0 Å². The molecule has 0 unspecified atom stereocenters. The normalized spacial score (nSPS) is 15.0. The maximum absolute atomic E-state index is 8.49. The van der Waals surface area contributed by atoms with Crippen LogP contribution in [-0.2, 0) is 7.05 Å². The molecule has 2 heterocycles. The topological polar surface area (TPSA) is 100 Å². The van der Waals surface area contributed by atoms with Crippen molar-refractivity contribution in [3.63, 3.8) is 0 Å². The Morgan fingerprint density at radius 1 is 1.10 bits per heavy atom. The van der Waals surface area contributed by atoms with Crippen molar-refractivity contribution in [2.24, 2.45) is 7.05 Å². The van der Waals surface area contributed by atoms with Gasteiger partial charge in [0, 0.05) is 37.0 Å². The molecule has 0 radical (unpaired) electrons. The first-order valence-corrected chi connectivity index (χ1v) is 7.83. The van der Waals surface area contributed by atoms with E-state index in [0.717, 1.165) is 0 Å². The average molecular weight is 313 g/mol. The van der Waals surface area contributed by atoms with Gasteiger partial charge in [-0.1, -0.05) is 18.2 Å². The summed E-state index contributed by atoms with van der Waals surface area (Å²) in [5, 5.41) is 1.36. The van der Waals surface area contributed by atoms with Crippen molar-refractivity contribution < 1.29 is 33.5 Å². The Morgan fingerprint density at radius 3 is 2.29 bits per heavy atom. The van der Waals surface area contributed by atoms with Crippen LogP contribution in [0.2, 0.25) is 0 Å². The first kappa shape index (κ1) is 15.9. The maximum Gasteiger partial charge on any atom is 0.172 e. The number of fused-ring (bicyclic) bond motifs is 1. The number of halogens is 1. The summed E-state index contributed by atoms with van der Waals surface area (Å²) >= 11 is 0. The number of aryl methyl sites for hydroxylation is 1. The van der Waals surface area contributed by atoms with Gasteiger partial charge in [0.15, 0.2) is 6.21 Å². The Hall–Kier alpha value is -1.44. The van der Waals surface area contributed by atoms with E-state index in [-0.39, 0.29) is 0 Å². The molecule has 0 atom stereocenters. The molecule has 1 aromatic heterocycles. The number of rotatable bonds is 1. The van der Waals surface area contributed by atoms with Gasteiger partial charge < -0.3 is 4.57 Å². The lowest BCUT2D eigenvalue weighted by molar-refractivity contribution is -2.00. The molecule has 1 aromatic carbocycles. The highest BCUT2D eigenvalue weighted by molar-refractivity contribution is 5.97. The third-order valence-corrected chi connectivity index (χ3v) is 3.39. The van der Waals surface area contributed by atoms with Gasteiger partial charge in [0.05, 0.1) is 5.56 Å². The molecular weight excluding hydrogens is 296 g/mol. The molecule has 21 heavy (non-hydrogen) atoms. The van der Waals surface area contributed by atoms with Gasteiger partial charge in [-0.15, -0.1) is 10.2 Å². The summed E-state index contributed by atoms with van der Waals surface area (Å²) in [7, 11) is -2.83. The van der Waals surface area contributed by atoms with E-state index in [1.807, 2.05) is 0 Å². The molecule has 3 rings (SSSR count). The van der Waals surface area contributed by atoms with Gasteiger partial charge >= 0.3 is 0 Å². The molecule has 0 bridgehead atoms. The highest BCUT2D eigenvalue weighted by Gasteiger charge is 2.14. The van der Waals surface area contributed by atoms with Crippen LogP contribution in [0.15, 0.2) is 30.5 Å². The van der Waals surface area contributed by atoms with Crippen LogP contribution in [0.25, 0.3) is 10.9 Å². The molecule has 1 aliphatic heterocycles. The largest absolute Gasteiger partial charge is 0.350 e. The molecule has 0 aliphatic carbocycles. The van der Waals surface area contributed by atoms with Crippen LogP contribution >= 0.6 is 0 Å². The summed E-state index contributed by atoms with van der Waals surface area (Å²) in [6.45, 7) is 2.42. The van der Waals surface area contributed by atoms with Crippen LogP contribution in [0.1, 0.15) is 18.4 Å². The second-order valence-corrected chi connectivity index (χ2v) is 5.72. The maximum atomic E-state index is 8.49. The minimum atomic E-state index is -4.94. The van der Waals surface area contributed by atoms with Gasteiger partial charge in [0.2, 0.25) is 0 Å². The number of hydrogen-bond donors (Lipinski definition) is 0. The predicted octanol–water partition coefficient (Wildman–Crippen LogP) is -2.35. The van der Waals surface area contributed by atoms with Crippen LogP contribution in [0.3, 0.4) is 0 Å². The van der Waals surface area contributed by atoms with Crippen molar-refractivity contribution in [3.05, 3.63) is 36.0 Å². The zero-order chi connectivity index (χ0) is 15.5. The highest BCUT2D eigenvalue weighted by atomic mass is 35.7. The Balaban J connectivity index is 0.000000282. The smallest absolute Gasteiger partial charge is 0.172 e. The predicted molar refractivity (Wildman–Crippen MR) is 67.3 cm³/mol. The SMILES string of the molecule is Cn1cc(C=[N+]2CCCC2)c2ccccc21.[O-][Cl+3]([O-])([O-])[O-]. The molecule has 2 aromatic rings. The minimum Gasteiger partial charge on any atom is -0.350 e. The monoisotopic (exact) mass is 312 g/mol. The third-order valence-electron chi connectivity index (χ3n) is 3.39. The fraction of sp³-hybridized carbons (Fsp3) is 0.357. The summed E-state index contributed by atoms with van der Waals surface area (Å²) in [5.74, 6) is 0. The molecule has 0 amide bonds. The number of para-hydroxylation sites is 1. The van der Waals surface area contributed by atoms with Crippen molar-refractivity contribution in [1.29, 1.82) is 0 Å². The molecule has 114 valence electrons.